The van der Waals surface area contributed by atoms with Gasteiger partial charge in [-0.2, -0.15) is 0 Å². The van der Waals surface area contributed by atoms with E-state index < -0.39 is 10.0 Å². The summed E-state index contributed by atoms with van der Waals surface area (Å²) in [6.07, 6.45) is 4.20. The molecule has 0 radical (unpaired) electrons. The van der Waals surface area contributed by atoms with Crippen LogP contribution in [0.3, 0.4) is 0 Å². The first-order chi connectivity index (χ1) is 11.0. The van der Waals surface area contributed by atoms with Crippen LogP contribution in [0.1, 0.15) is 13.3 Å². The number of anilines is 1. The van der Waals surface area contributed by atoms with Gasteiger partial charge in [0, 0.05) is 35.0 Å². The average Bonchev–Trinajstić information content (AvgIpc) is 2.90. The van der Waals surface area contributed by atoms with Gasteiger partial charge in [0.15, 0.2) is 0 Å². The quantitative estimate of drug-likeness (QED) is 0.759. The van der Waals surface area contributed by atoms with Crippen molar-refractivity contribution in [2.24, 2.45) is 0 Å². The Labute approximate surface area is 140 Å². The normalized spacial score (nSPS) is 11.7. The highest BCUT2D eigenvalue weighted by Gasteiger charge is 2.21. The maximum Gasteiger partial charge on any atom is 0.264 e. The molecule has 23 heavy (non-hydrogen) atoms. The molecule has 3 aromatic rings. The molecule has 0 aliphatic rings. The van der Waals surface area contributed by atoms with E-state index in [1.165, 1.54) is 0 Å². The van der Waals surface area contributed by atoms with Gasteiger partial charge in [-0.25, -0.2) is 13.4 Å². The minimum Gasteiger partial charge on any atom is -0.331 e. The van der Waals surface area contributed by atoms with E-state index in [4.69, 9.17) is 11.6 Å². The highest BCUT2D eigenvalue weighted by molar-refractivity contribution is 7.93. The largest absolute Gasteiger partial charge is 0.331 e. The third-order valence-electron chi connectivity index (χ3n) is 3.45. The summed E-state index contributed by atoms with van der Waals surface area (Å²) in [7, 11) is -3.70. The number of hydrogen-bond donors (Lipinski definition) is 1. The third kappa shape index (κ3) is 3.18. The van der Waals surface area contributed by atoms with E-state index in [0.29, 0.717) is 28.3 Å². The molecule has 1 N–H and O–H groups in total. The molecule has 3 rings (SSSR count). The number of nitrogens with zero attached hydrogens (tertiary/aromatic N) is 2. The van der Waals surface area contributed by atoms with Crippen LogP contribution in [0.5, 0.6) is 0 Å². The molecule has 2 aromatic heterocycles. The van der Waals surface area contributed by atoms with Gasteiger partial charge < -0.3 is 4.57 Å². The van der Waals surface area contributed by atoms with Crippen LogP contribution in [-0.4, -0.2) is 18.0 Å². The molecule has 0 fully saturated rings. The SMILES string of the molecule is CCCn1cc(S(=O)(=O)Nc2ccc(Cl)cc2)c2cccnc21. The number of hydrogen-bond acceptors (Lipinski definition) is 3. The van der Waals surface area contributed by atoms with E-state index in [9.17, 15) is 8.42 Å². The second-order valence-corrected chi connectivity index (χ2v) is 7.26. The molecule has 0 aliphatic carbocycles. The van der Waals surface area contributed by atoms with Crippen molar-refractivity contribution in [1.29, 1.82) is 0 Å². The molecule has 0 spiro atoms. The second kappa shape index (κ2) is 6.22. The van der Waals surface area contributed by atoms with Gasteiger partial charge in [0.1, 0.15) is 10.5 Å². The van der Waals surface area contributed by atoms with Gasteiger partial charge in [-0.3, -0.25) is 4.72 Å². The number of aryl methyl sites for hydroxylation is 1. The van der Waals surface area contributed by atoms with Crippen molar-refractivity contribution >= 4 is 38.3 Å². The first-order valence-corrected chi connectivity index (χ1v) is 9.09. The summed E-state index contributed by atoms with van der Waals surface area (Å²) in [5.74, 6) is 0. The van der Waals surface area contributed by atoms with Crippen LogP contribution in [0.15, 0.2) is 53.7 Å². The average molecular weight is 350 g/mol. The Bertz CT molecular complexity index is 934. The third-order valence-corrected chi connectivity index (χ3v) is 5.11. The van der Waals surface area contributed by atoms with Gasteiger partial charge in [0.05, 0.1) is 0 Å². The van der Waals surface area contributed by atoms with Crippen LogP contribution in [0.4, 0.5) is 5.69 Å². The lowest BCUT2D eigenvalue weighted by Gasteiger charge is -2.07. The molecule has 0 saturated heterocycles. The van der Waals surface area contributed by atoms with Crippen LogP contribution >= 0.6 is 11.6 Å². The lowest BCUT2D eigenvalue weighted by Crippen LogP contribution is -2.12. The molecule has 0 amide bonds. The van der Waals surface area contributed by atoms with Crippen LogP contribution in [0.25, 0.3) is 11.0 Å². The number of rotatable bonds is 5. The van der Waals surface area contributed by atoms with Gasteiger partial charge >= 0.3 is 0 Å². The van der Waals surface area contributed by atoms with Crippen molar-refractivity contribution in [1.82, 2.24) is 9.55 Å². The summed E-state index contributed by atoms with van der Waals surface area (Å²) in [6, 6.07) is 10.0. The molecular weight excluding hydrogens is 334 g/mol. The Morgan fingerprint density at radius 1 is 1.22 bits per heavy atom. The molecule has 5 nitrogen and oxygen atoms in total. The van der Waals surface area contributed by atoms with Crippen molar-refractivity contribution in [3.8, 4) is 0 Å². The van der Waals surface area contributed by atoms with Crippen molar-refractivity contribution in [3.63, 3.8) is 0 Å². The first kappa shape index (κ1) is 15.8. The molecule has 0 bridgehead atoms. The van der Waals surface area contributed by atoms with E-state index in [-0.39, 0.29) is 4.90 Å². The van der Waals surface area contributed by atoms with Crippen LogP contribution < -0.4 is 4.72 Å². The Kier molecular flexibility index (Phi) is 4.28. The molecule has 120 valence electrons. The van der Waals surface area contributed by atoms with E-state index in [0.717, 1.165) is 6.42 Å². The lowest BCUT2D eigenvalue weighted by molar-refractivity contribution is 0.601. The lowest BCUT2D eigenvalue weighted by atomic mass is 10.3. The summed E-state index contributed by atoms with van der Waals surface area (Å²) in [5, 5.41) is 1.17. The van der Waals surface area contributed by atoms with E-state index in [2.05, 4.69) is 9.71 Å². The number of fused-ring (bicyclic) bond motifs is 1. The molecule has 0 saturated carbocycles. The topological polar surface area (TPSA) is 64.0 Å². The molecule has 0 aliphatic heterocycles. The zero-order valence-electron chi connectivity index (χ0n) is 12.5. The highest BCUT2D eigenvalue weighted by Crippen LogP contribution is 2.26. The fraction of sp³-hybridized carbons (Fsp3) is 0.188. The maximum absolute atomic E-state index is 12.7. The minimum absolute atomic E-state index is 0.226. The van der Waals surface area contributed by atoms with Crippen LogP contribution in [-0.2, 0) is 16.6 Å². The zero-order chi connectivity index (χ0) is 16.4. The van der Waals surface area contributed by atoms with Crippen molar-refractivity contribution < 1.29 is 8.42 Å². The van der Waals surface area contributed by atoms with E-state index in [1.807, 2.05) is 11.5 Å². The first-order valence-electron chi connectivity index (χ1n) is 7.23. The fourth-order valence-corrected chi connectivity index (χ4v) is 3.84. The maximum atomic E-state index is 12.7. The number of pyridine rings is 1. The molecule has 0 atom stereocenters. The summed E-state index contributed by atoms with van der Waals surface area (Å²) in [6.45, 7) is 2.75. The van der Waals surface area contributed by atoms with Gasteiger partial charge in [0.2, 0.25) is 0 Å². The number of sulfonamides is 1. The number of nitrogens with one attached hydrogen (secondary N) is 1. The minimum atomic E-state index is -3.70. The predicted octanol–water partition coefficient (Wildman–Crippen LogP) is 3.90. The second-order valence-electron chi connectivity index (χ2n) is 5.17. The smallest absolute Gasteiger partial charge is 0.264 e. The molecule has 7 heteroatoms. The highest BCUT2D eigenvalue weighted by atomic mass is 35.5. The number of aromatic nitrogens is 2. The number of halogens is 1. The number of benzene rings is 1. The Morgan fingerprint density at radius 3 is 2.65 bits per heavy atom. The Morgan fingerprint density at radius 2 is 1.96 bits per heavy atom. The molecule has 0 unspecified atom stereocenters. The summed E-state index contributed by atoms with van der Waals surface area (Å²) >= 11 is 5.83. The summed E-state index contributed by atoms with van der Waals surface area (Å²) < 4.78 is 29.9. The van der Waals surface area contributed by atoms with Crippen molar-refractivity contribution in [2.75, 3.05) is 4.72 Å². The standard InChI is InChI=1S/C16H16ClN3O2S/c1-2-10-20-11-15(14-4-3-9-18-16(14)20)23(21,22)19-13-7-5-12(17)6-8-13/h3-9,11,19H,2,10H2,1H3. The summed E-state index contributed by atoms with van der Waals surface area (Å²) in [5.41, 5.74) is 1.14. The summed E-state index contributed by atoms with van der Waals surface area (Å²) in [4.78, 5) is 4.53. The zero-order valence-corrected chi connectivity index (χ0v) is 14.1. The molecular formula is C16H16ClN3O2S. The monoisotopic (exact) mass is 349 g/mol. The van der Waals surface area contributed by atoms with Crippen molar-refractivity contribution in [3.05, 3.63) is 53.8 Å². The van der Waals surface area contributed by atoms with E-state index in [1.54, 1.807) is 48.8 Å². The molecule has 2 heterocycles. The Hall–Kier alpha value is -2.05. The predicted molar refractivity (Wildman–Crippen MR) is 92.3 cm³/mol. The Balaban J connectivity index is 2.06. The van der Waals surface area contributed by atoms with Gasteiger partial charge in [-0.15, -0.1) is 0 Å². The fourth-order valence-electron chi connectivity index (χ4n) is 2.44. The molecule has 1 aromatic carbocycles. The van der Waals surface area contributed by atoms with Gasteiger partial charge in [0.25, 0.3) is 10.0 Å². The van der Waals surface area contributed by atoms with E-state index >= 15 is 0 Å². The van der Waals surface area contributed by atoms with Crippen LogP contribution in [0, 0.1) is 0 Å². The van der Waals surface area contributed by atoms with Gasteiger partial charge in [-0.1, -0.05) is 18.5 Å². The van der Waals surface area contributed by atoms with Crippen molar-refractivity contribution in [2.45, 2.75) is 24.8 Å². The van der Waals surface area contributed by atoms with Gasteiger partial charge in [-0.05, 0) is 42.8 Å². The van der Waals surface area contributed by atoms with Crippen LogP contribution in [0.2, 0.25) is 5.02 Å².